The summed E-state index contributed by atoms with van der Waals surface area (Å²) < 4.78 is 30.8. The molecule has 0 radical (unpaired) electrons. The molecular weight excluding hydrogens is 414 g/mol. The minimum atomic E-state index is -3.26. The highest BCUT2D eigenvalue weighted by Crippen LogP contribution is 2.33. The smallest absolute Gasteiger partial charge is 0.229 e. The van der Waals surface area contributed by atoms with E-state index in [0.717, 1.165) is 5.56 Å². The molecular formula is C20H18ClN3O4S. The fourth-order valence-electron chi connectivity index (χ4n) is 3.25. The first-order chi connectivity index (χ1) is 13.8. The predicted octanol–water partition coefficient (Wildman–Crippen LogP) is 3.14. The van der Waals surface area contributed by atoms with Gasteiger partial charge < -0.3 is 10.1 Å². The van der Waals surface area contributed by atoms with E-state index in [0.29, 0.717) is 33.5 Å². The van der Waals surface area contributed by atoms with Crippen LogP contribution in [0, 0.1) is 0 Å². The average Bonchev–Trinajstić information content (AvgIpc) is 3.16. The lowest BCUT2D eigenvalue weighted by atomic mass is 10.1. The number of nitrogens with one attached hydrogen (secondary N) is 1. The summed E-state index contributed by atoms with van der Waals surface area (Å²) in [6, 6.07) is 14.1. The number of hydrogen-bond donors (Lipinski definition) is 1. The Morgan fingerprint density at radius 3 is 2.48 bits per heavy atom. The van der Waals surface area contributed by atoms with Gasteiger partial charge in [0.2, 0.25) is 5.91 Å². The molecule has 0 spiro atoms. The molecule has 0 aliphatic carbocycles. The number of halogens is 1. The van der Waals surface area contributed by atoms with Gasteiger partial charge in [0, 0.05) is 10.6 Å². The number of ether oxygens (including phenoxy) is 1. The van der Waals surface area contributed by atoms with Gasteiger partial charge in [0.1, 0.15) is 11.6 Å². The number of aromatic nitrogens is 2. The zero-order chi connectivity index (χ0) is 20.6. The molecule has 0 fully saturated rings. The summed E-state index contributed by atoms with van der Waals surface area (Å²) in [5, 5.41) is 7.89. The minimum Gasteiger partial charge on any atom is -0.497 e. The zero-order valence-electron chi connectivity index (χ0n) is 15.6. The largest absolute Gasteiger partial charge is 0.497 e. The molecule has 4 rings (SSSR count). The van der Waals surface area contributed by atoms with Crippen LogP contribution in [0.5, 0.6) is 5.75 Å². The van der Waals surface area contributed by atoms with Crippen molar-refractivity contribution in [2.75, 3.05) is 12.4 Å². The van der Waals surface area contributed by atoms with Crippen LogP contribution < -0.4 is 10.1 Å². The summed E-state index contributed by atoms with van der Waals surface area (Å²) in [4.78, 5) is 12.7. The molecule has 0 bridgehead atoms. The Morgan fingerprint density at radius 1 is 1.14 bits per heavy atom. The number of methoxy groups -OCH3 is 1. The van der Waals surface area contributed by atoms with Gasteiger partial charge in [-0.25, -0.2) is 13.1 Å². The number of sulfone groups is 1. The average molecular weight is 432 g/mol. The molecule has 0 unspecified atom stereocenters. The van der Waals surface area contributed by atoms with Crippen molar-refractivity contribution in [3.05, 3.63) is 70.4 Å². The first-order valence-corrected chi connectivity index (χ1v) is 11.0. The van der Waals surface area contributed by atoms with E-state index >= 15 is 0 Å². The second-order valence-electron chi connectivity index (χ2n) is 6.77. The van der Waals surface area contributed by atoms with Crippen LogP contribution in [0.15, 0.2) is 48.5 Å². The Bertz CT molecular complexity index is 1170. The van der Waals surface area contributed by atoms with Crippen molar-refractivity contribution < 1.29 is 17.9 Å². The van der Waals surface area contributed by atoms with E-state index in [1.807, 2.05) is 0 Å². The number of carbonyl (C=O) groups excluding carboxylic acids is 1. The van der Waals surface area contributed by atoms with Gasteiger partial charge in [-0.2, -0.15) is 5.10 Å². The summed E-state index contributed by atoms with van der Waals surface area (Å²) in [5.41, 5.74) is 2.49. The van der Waals surface area contributed by atoms with Crippen molar-refractivity contribution in [3.63, 3.8) is 0 Å². The molecule has 2 heterocycles. The number of nitrogens with zero attached hydrogens (tertiary/aromatic N) is 2. The Kier molecular flexibility index (Phi) is 5.06. The third-order valence-corrected chi connectivity index (χ3v) is 6.33. The number of amides is 1. The van der Waals surface area contributed by atoms with Gasteiger partial charge >= 0.3 is 0 Å². The molecule has 9 heteroatoms. The summed E-state index contributed by atoms with van der Waals surface area (Å²) in [5.74, 6) is 0.518. The monoisotopic (exact) mass is 431 g/mol. The quantitative estimate of drug-likeness (QED) is 0.670. The number of hydrogen-bond acceptors (Lipinski definition) is 5. The molecule has 1 amide bonds. The van der Waals surface area contributed by atoms with E-state index in [4.69, 9.17) is 16.3 Å². The molecule has 0 saturated carbocycles. The molecule has 150 valence electrons. The van der Waals surface area contributed by atoms with Gasteiger partial charge in [-0.1, -0.05) is 23.7 Å². The van der Waals surface area contributed by atoms with E-state index in [9.17, 15) is 13.2 Å². The molecule has 0 atom stereocenters. The first kappa shape index (κ1) is 19.5. The third kappa shape index (κ3) is 4.13. The number of rotatable bonds is 5. The van der Waals surface area contributed by atoms with Crippen molar-refractivity contribution in [1.29, 1.82) is 0 Å². The van der Waals surface area contributed by atoms with Crippen molar-refractivity contribution in [1.82, 2.24) is 9.78 Å². The summed E-state index contributed by atoms with van der Waals surface area (Å²) in [7, 11) is -1.68. The maximum absolute atomic E-state index is 12.7. The van der Waals surface area contributed by atoms with E-state index < -0.39 is 9.84 Å². The lowest BCUT2D eigenvalue weighted by Gasteiger charge is -2.12. The molecule has 3 aromatic rings. The highest BCUT2D eigenvalue weighted by molar-refractivity contribution is 7.90. The topological polar surface area (TPSA) is 90.3 Å². The van der Waals surface area contributed by atoms with Crippen LogP contribution in [0.1, 0.15) is 16.8 Å². The Balaban J connectivity index is 1.66. The molecule has 2 aromatic carbocycles. The van der Waals surface area contributed by atoms with Crippen molar-refractivity contribution in [2.45, 2.75) is 17.9 Å². The number of anilines is 1. The highest BCUT2D eigenvalue weighted by Gasteiger charge is 2.33. The van der Waals surface area contributed by atoms with Crippen molar-refractivity contribution in [3.8, 4) is 11.4 Å². The summed E-state index contributed by atoms with van der Waals surface area (Å²) >= 11 is 5.89. The summed E-state index contributed by atoms with van der Waals surface area (Å²) in [6.45, 7) is 0. The molecule has 1 aliphatic rings. The van der Waals surface area contributed by atoms with Crippen LogP contribution in [0.25, 0.3) is 5.69 Å². The van der Waals surface area contributed by atoms with E-state index in [1.165, 1.54) is 0 Å². The molecule has 7 nitrogen and oxygen atoms in total. The van der Waals surface area contributed by atoms with Gasteiger partial charge in [-0.3, -0.25) is 4.79 Å². The lowest BCUT2D eigenvalue weighted by molar-refractivity contribution is -0.115. The number of carbonyl (C=O) groups is 1. The van der Waals surface area contributed by atoms with Gasteiger partial charge in [0.05, 0.1) is 36.4 Å². The predicted molar refractivity (Wildman–Crippen MR) is 110 cm³/mol. The van der Waals surface area contributed by atoms with Crippen LogP contribution in [-0.4, -0.2) is 31.2 Å². The minimum absolute atomic E-state index is 0.131. The normalized spacial score (nSPS) is 14.4. The van der Waals surface area contributed by atoms with Crippen molar-refractivity contribution >= 4 is 33.2 Å². The van der Waals surface area contributed by atoms with Crippen molar-refractivity contribution in [2.24, 2.45) is 0 Å². The highest BCUT2D eigenvalue weighted by atomic mass is 35.5. The van der Waals surface area contributed by atoms with E-state index in [-0.39, 0.29) is 23.8 Å². The number of benzene rings is 2. The Hall–Kier alpha value is -2.84. The molecule has 0 saturated heterocycles. The molecule has 1 aromatic heterocycles. The van der Waals surface area contributed by atoms with E-state index in [2.05, 4.69) is 10.4 Å². The van der Waals surface area contributed by atoms with Gasteiger partial charge in [-0.15, -0.1) is 0 Å². The van der Waals surface area contributed by atoms with Gasteiger partial charge in [0.15, 0.2) is 9.84 Å². The molecule has 1 N–H and O–H groups in total. The van der Waals surface area contributed by atoms with Crippen LogP contribution in [-0.2, 0) is 32.6 Å². The maximum Gasteiger partial charge on any atom is 0.229 e. The zero-order valence-corrected chi connectivity index (χ0v) is 17.1. The molecule has 29 heavy (non-hydrogen) atoms. The Morgan fingerprint density at radius 2 is 1.83 bits per heavy atom. The second kappa shape index (κ2) is 7.53. The number of fused-ring (bicyclic) bond motifs is 1. The van der Waals surface area contributed by atoms with Crippen LogP contribution in [0.2, 0.25) is 5.02 Å². The SMILES string of the molecule is COc1ccc(-n2nc3c(c2NC(=O)Cc2ccc(Cl)cc2)CS(=O)(=O)C3)cc1. The maximum atomic E-state index is 12.7. The van der Waals surface area contributed by atoms with Gasteiger partial charge in [-0.05, 0) is 42.0 Å². The van der Waals surface area contributed by atoms with Crippen LogP contribution >= 0.6 is 11.6 Å². The van der Waals surface area contributed by atoms with Crippen LogP contribution in [0.4, 0.5) is 5.82 Å². The fraction of sp³-hybridized carbons (Fsp3) is 0.200. The standard InChI is InChI=1S/C20H18ClN3O4S/c1-28-16-8-6-15(7-9-16)24-20(17-11-29(26,27)12-18(17)23-24)22-19(25)10-13-2-4-14(21)5-3-13/h2-9H,10-12H2,1H3,(H,22,25). The third-order valence-electron chi connectivity index (χ3n) is 4.64. The molecule has 1 aliphatic heterocycles. The lowest BCUT2D eigenvalue weighted by Crippen LogP contribution is -2.18. The summed E-state index contributed by atoms with van der Waals surface area (Å²) in [6.07, 6.45) is 0.131. The van der Waals surface area contributed by atoms with Gasteiger partial charge in [0.25, 0.3) is 0 Å². The van der Waals surface area contributed by atoms with Crippen LogP contribution in [0.3, 0.4) is 0 Å². The second-order valence-corrected chi connectivity index (χ2v) is 9.27. The fourth-order valence-corrected chi connectivity index (χ4v) is 4.86. The van der Waals surface area contributed by atoms with E-state index in [1.54, 1.807) is 60.3 Å². The Labute approximate surface area is 173 Å². The first-order valence-electron chi connectivity index (χ1n) is 8.84.